The van der Waals surface area contributed by atoms with Crippen molar-refractivity contribution in [3.8, 4) is 0 Å². The largest absolute Gasteiger partial charge is 0.465 e. The monoisotopic (exact) mass is 368 g/mol. The van der Waals surface area contributed by atoms with Crippen molar-refractivity contribution >= 4 is 11.9 Å². The van der Waals surface area contributed by atoms with E-state index in [1.165, 1.54) is 12.7 Å². The van der Waals surface area contributed by atoms with Crippen molar-refractivity contribution in [1.82, 2.24) is 10.2 Å². The van der Waals surface area contributed by atoms with Gasteiger partial charge in [-0.25, -0.2) is 4.79 Å². The number of amides is 1. The molecule has 0 aliphatic rings. The Morgan fingerprint density at radius 2 is 1.56 bits per heavy atom. The molecule has 0 aliphatic carbocycles. The average molecular weight is 368 g/mol. The molecule has 0 aromatic heterocycles. The molecule has 2 rings (SSSR count). The van der Waals surface area contributed by atoms with Gasteiger partial charge in [-0.1, -0.05) is 44.2 Å². The fraction of sp³-hybridized carbons (Fsp3) is 0.364. The third-order valence-electron chi connectivity index (χ3n) is 4.71. The molecular weight excluding hydrogens is 340 g/mol. The van der Waals surface area contributed by atoms with Crippen molar-refractivity contribution in [2.75, 3.05) is 26.7 Å². The van der Waals surface area contributed by atoms with E-state index in [0.717, 1.165) is 19.5 Å². The van der Waals surface area contributed by atoms with E-state index < -0.39 is 5.97 Å². The van der Waals surface area contributed by atoms with Gasteiger partial charge in [-0.2, -0.15) is 0 Å². The van der Waals surface area contributed by atoms with Crippen molar-refractivity contribution < 1.29 is 14.3 Å². The lowest BCUT2D eigenvalue weighted by molar-refractivity contribution is 0.0600. The Bertz CT molecular complexity index is 725. The van der Waals surface area contributed by atoms with Crippen LogP contribution < -0.4 is 5.32 Å². The van der Waals surface area contributed by atoms with Crippen molar-refractivity contribution in [3.05, 3.63) is 71.3 Å². The lowest BCUT2D eigenvalue weighted by Crippen LogP contribution is -2.45. The molecule has 144 valence electrons. The summed E-state index contributed by atoms with van der Waals surface area (Å²) < 4.78 is 4.68. The maximum atomic E-state index is 12.5. The third-order valence-corrected chi connectivity index (χ3v) is 4.71. The van der Waals surface area contributed by atoms with Gasteiger partial charge in [-0.3, -0.25) is 9.69 Å². The molecule has 0 spiro atoms. The second-order valence-corrected chi connectivity index (χ2v) is 6.34. The van der Waals surface area contributed by atoms with Gasteiger partial charge in [0.25, 0.3) is 5.91 Å². The number of hydrogen-bond acceptors (Lipinski definition) is 4. The number of likely N-dealkylation sites (N-methyl/N-ethyl adjacent to an activating group) is 1. The van der Waals surface area contributed by atoms with Crippen LogP contribution in [-0.2, 0) is 11.2 Å². The summed E-state index contributed by atoms with van der Waals surface area (Å²) in [6.07, 6.45) is 0.879. The van der Waals surface area contributed by atoms with Crippen LogP contribution >= 0.6 is 0 Å². The van der Waals surface area contributed by atoms with E-state index in [2.05, 4.69) is 40.9 Å². The maximum absolute atomic E-state index is 12.5. The maximum Gasteiger partial charge on any atom is 0.337 e. The van der Waals surface area contributed by atoms with Crippen LogP contribution in [0.4, 0.5) is 0 Å². The van der Waals surface area contributed by atoms with Crippen LogP contribution in [0.3, 0.4) is 0 Å². The lowest BCUT2D eigenvalue weighted by atomic mass is 10.0. The second kappa shape index (κ2) is 10.5. The van der Waals surface area contributed by atoms with E-state index >= 15 is 0 Å². The Kier molecular flexibility index (Phi) is 8.01. The SMILES string of the molecule is CCN(CC)C(CNC(=O)c1ccc(C(=O)OC)cc1)Cc1ccccc1. The fourth-order valence-corrected chi connectivity index (χ4v) is 3.14. The van der Waals surface area contributed by atoms with Crippen LogP contribution in [0.15, 0.2) is 54.6 Å². The number of carbonyl (C=O) groups excluding carboxylic acids is 2. The molecule has 0 aliphatic heterocycles. The number of carbonyl (C=O) groups is 2. The molecule has 27 heavy (non-hydrogen) atoms. The molecule has 1 amide bonds. The number of methoxy groups -OCH3 is 1. The molecule has 2 aromatic rings. The van der Waals surface area contributed by atoms with Crippen molar-refractivity contribution in [1.29, 1.82) is 0 Å². The van der Waals surface area contributed by atoms with E-state index in [9.17, 15) is 9.59 Å². The Balaban J connectivity index is 2.02. The zero-order valence-electron chi connectivity index (χ0n) is 16.3. The first kappa shape index (κ1) is 20.6. The molecule has 1 unspecified atom stereocenters. The van der Waals surface area contributed by atoms with Gasteiger partial charge in [0.05, 0.1) is 12.7 Å². The van der Waals surface area contributed by atoms with Gasteiger partial charge >= 0.3 is 5.97 Å². The highest BCUT2D eigenvalue weighted by Gasteiger charge is 2.18. The van der Waals surface area contributed by atoms with Crippen LogP contribution in [-0.4, -0.2) is 49.6 Å². The van der Waals surface area contributed by atoms with Gasteiger partial charge in [0.2, 0.25) is 0 Å². The van der Waals surface area contributed by atoms with Crippen molar-refractivity contribution in [3.63, 3.8) is 0 Å². The van der Waals surface area contributed by atoms with E-state index in [1.54, 1.807) is 24.3 Å². The lowest BCUT2D eigenvalue weighted by Gasteiger charge is -2.30. The zero-order valence-corrected chi connectivity index (χ0v) is 16.3. The second-order valence-electron chi connectivity index (χ2n) is 6.34. The highest BCUT2D eigenvalue weighted by Crippen LogP contribution is 2.10. The Morgan fingerprint density at radius 1 is 0.963 bits per heavy atom. The summed E-state index contributed by atoms with van der Waals surface area (Å²) in [6.45, 7) is 6.69. The van der Waals surface area contributed by atoms with Gasteiger partial charge in [0.15, 0.2) is 0 Å². The van der Waals surface area contributed by atoms with E-state index in [1.807, 2.05) is 18.2 Å². The van der Waals surface area contributed by atoms with E-state index in [0.29, 0.717) is 17.7 Å². The quantitative estimate of drug-likeness (QED) is 0.691. The zero-order chi connectivity index (χ0) is 19.6. The molecule has 0 radical (unpaired) electrons. The molecule has 0 heterocycles. The first-order valence-electron chi connectivity index (χ1n) is 9.33. The first-order chi connectivity index (χ1) is 13.1. The smallest absolute Gasteiger partial charge is 0.337 e. The standard InChI is InChI=1S/C22H28N2O3/c1-4-24(5-2)20(15-17-9-7-6-8-10-17)16-23-21(25)18-11-13-19(14-12-18)22(26)27-3/h6-14,20H,4-5,15-16H2,1-3H3,(H,23,25). The van der Waals surface area contributed by atoms with Crippen LogP contribution in [0, 0.1) is 0 Å². The number of nitrogens with zero attached hydrogens (tertiary/aromatic N) is 1. The van der Waals surface area contributed by atoms with E-state index in [-0.39, 0.29) is 11.9 Å². The molecule has 2 aromatic carbocycles. The summed E-state index contributed by atoms with van der Waals surface area (Å²) in [5.74, 6) is -0.553. The minimum absolute atomic E-state index is 0.142. The number of hydrogen-bond donors (Lipinski definition) is 1. The summed E-state index contributed by atoms with van der Waals surface area (Å²) >= 11 is 0. The molecule has 5 heteroatoms. The van der Waals surface area contributed by atoms with E-state index in [4.69, 9.17) is 0 Å². The first-order valence-corrected chi connectivity index (χ1v) is 9.33. The summed E-state index contributed by atoms with van der Waals surface area (Å²) in [4.78, 5) is 26.4. The van der Waals surface area contributed by atoms with Crippen LogP contribution in [0.1, 0.15) is 40.1 Å². The highest BCUT2D eigenvalue weighted by molar-refractivity contribution is 5.96. The third kappa shape index (κ3) is 5.93. The predicted octanol–water partition coefficient (Wildman–Crippen LogP) is 3.16. The van der Waals surface area contributed by atoms with Gasteiger partial charge < -0.3 is 10.1 Å². The summed E-state index contributed by atoms with van der Waals surface area (Å²) in [5, 5.41) is 3.03. The van der Waals surface area contributed by atoms with Crippen molar-refractivity contribution in [2.24, 2.45) is 0 Å². The minimum atomic E-state index is -0.411. The Morgan fingerprint density at radius 3 is 2.11 bits per heavy atom. The minimum Gasteiger partial charge on any atom is -0.465 e. The number of esters is 1. The molecular formula is C22H28N2O3. The summed E-state index contributed by atoms with van der Waals surface area (Å²) in [5.41, 5.74) is 2.21. The number of ether oxygens (including phenoxy) is 1. The van der Waals surface area contributed by atoms with Gasteiger partial charge in [0, 0.05) is 18.2 Å². The Labute approximate surface area is 161 Å². The fourth-order valence-electron chi connectivity index (χ4n) is 3.14. The highest BCUT2D eigenvalue weighted by atomic mass is 16.5. The molecule has 1 atom stereocenters. The van der Waals surface area contributed by atoms with Gasteiger partial charge in [-0.05, 0) is 49.3 Å². The topological polar surface area (TPSA) is 58.6 Å². The van der Waals surface area contributed by atoms with Gasteiger partial charge in [-0.15, -0.1) is 0 Å². The van der Waals surface area contributed by atoms with Gasteiger partial charge in [0.1, 0.15) is 0 Å². The molecule has 0 saturated heterocycles. The average Bonchev–Trinajstić information content (AvgIpc) is 2.72. The summed E-state index contributed by atoms with van der Waals surface area (Å²) in [7, 11) is 1.34. The number of benzene rings is 2. The predicted molar refractivity (Wildman–Crippen MR) is 107 cm³/mol. The van der Waals surface area contributed by atoms with Crippen molar-refractivity contribution in [2.45, 2.75) is 26.3 Å². The Hall–Kier alpha value is -2.66. The molecule has 0 fully saturated rings. The molecule has 5 nitrogen and oxygen atoms in total. The normalized spacial score (nSPS) is 11.9. The number of rotatable bonds is 9. The van der Waals surface area contributed by atoms with Crippen LogP contribution in [0.2, 0.25) is 0 Å². The van der Waals surface area contributed by atoms with Crippen LogP contribution in [0.5, 0.6) is 0 Å². The number of nitrogens with one attached hydrogen (secondary N) is 1. The summed E-state index contributed by atoms with van der Waals surface area (Å²) in [6, 6.07) is 17.0. The molecule has 1 N–H and O–H groups in total. The van der Waals surface area contributed by atoms with Crippen LogP contribution in [0.25, 0.3) is 0 Å². The molecule has 0 bridgehead atoms. The molecule has 0 saturated carbocycles.